The van der Waals surface area contributed by atoms with Gasteiger partial charge < -0.3 is 19.9 Å². The van der Waals surface area contributed by atoms with Gasteiger partial charge in [0.15, 0.2) is 0 Å². The molecule has 7 heteroatoms. The van der Waals surface area contributed by atoms with Crippen LogP contribution in [-0.4, -0.2) is 36.4 Å². The molecular formula is C15H21N3O4. The highest BCUT2D eigenvalue weighted by Crippen LogP contribution is 2.13. The summed E-state index contributed by atoms with van der Waals surface area (Å²) in [4.78, 5) is 19.0. The molecule has 1 amide bonds. The van der Waals surface area contributed by atoms with E-state index in [1.54, 1.807) is 6.07 Å². The second-order valence-corrected chi connectivity index (χ2v) is 4.49. The number of methoxy groups -OCH3 is 2. The van der Waals surface area contributed by atoms with E-state index in [1.165, 1.54) is 14.2 Å². The molecule has 0 aliphatic carbocycles. The fourth-order valence-corrected chi connectivity index (χ4v) is 1.72. The highest BCUT2D eigenvalue weighted by molar-refractivity contribution is 5.64. The number of hydrogen-bond acceptors (Lipinski definition) is 6. The number of ether oxygens (including phenoxy) is 3. The van der Waals surface area contributed by atoms with Crippen LogP contribution >= 0.6 is 0 Å². The van der Waals surface area contributed by atoms with E-state index in [9.17, 15) is 4.79 Å². The SMILES string of the molecule is CCCCC(CC#Cc1cc(OC)nc(OC)n1)OC(N)=O. The summed E-state index contributed by atoms with van der Waals surface area (Å²) < 4.78 is 15.1. The van der Waals surface area contributed by atoms with Crippen molar-refractivity contribution in [2.24, 2.45) is 5.73 Å². The molecule has 0 aliphatic rings. The molecule has 0 bridgehead atoms. The average Bonchev–Trinajstić information content (AvgIpc) is 2.51. The van der Waals surface area contributed by atoms with Crippen LogP contribution in [0.25, 0.3) is 0 Å². The maximum Gasteiger partial charge on any atom is 0.404 e. The topological polar surface area (TPSA) is 96.6 Å². The Morgan fingerprint density at radius 2 is 2.14 bits per heavy atom. The number of aromatic nitrogens is 2. The number of carbonyl (C=O) groups is 1. The normalized spacial score (nSPS) is 11.0. The monoisotopic (exact) mass is 307 g/mol. The summed E-state index contributed by atoms with van der Waals surface area (Å²) in [5, 5.41) is 0. The summed E-state index contributed by atoms with van der Waals surface area (Å²) in [5.74, 6) is 6.18. The van der Waals surface area contributed by atoms with Crippen molar-refractivity contribution in [1.29, 1.82) is 0 Å². The van der Waals surface area contributed by atoms with Gasteiger partial charge in [0.2, 0.25) is 5.88 Å². The number of amides is 1. The summed E-state index contributed by atoms with van der Waals surface area (Å²) in [7, 11) is 2.97. The molecular weight excluding hydrogens is 286 g/mol. The zero-order valence-electron chi connectivity index (χ0n) is 13.1. The van der Waals surface area contributed by atoms with Crippen molar-refractivity contribution in [2.45, 2.75) is 38.7 Å². The molecule has 1 heterocycles. The summed E-state index contributed by atoms with van der Waals surface area (Å²) in [6.45, 7) is 2.06. The number of unbranched alkanes of at least 4 members (excludes halogenated alkanes) is 1. The van der Waals surface area contributed by atoms with Crippen molar-refractivity contribution in [2.75, 3.05) is 14.2 Å². The van der Waals surface area contributed by atoms with Crippen molar-refractivity contribution in [3.63, 3.8) is 0 Å². The minimum absolute atomic E-state index is 0.180. The van der Waals surface area contributed by atoms with Gasteiger partial charge in [-0.2, -0.15) is 9.97 Å². The fourth-order valence-electron chi connectivity index (χ4n) is 1.72. The number of nitrogens with zero attached hydrogens (tertiary/aromatic N) is 2. The predicted molar refractivity (Wildman–Crippen MR) is 80.6 cm³/mol. The number of rotatable bonds is 7. The lowest BCUT2D eigenvalue weighted by molar-refractivity contribution is 0.102. The lowest BCUT2D eigenvalue weighted by Crippen LogP contribution is -2.22. The van der Waals surface area contributed by atoms with Crippen molar-refractivity contribution >= 4 is 6.09 Å². The van der Waals surface area contributed by atoms with Gasteiger partial charge in [-0.1, -0.05) is 25.7 Å². The molecule has 1 rings (SSSR count). The third-order valence-electron chi connectivity index (χ3n) is 2.78. The Labute approximate surface area is 130 Å². The Bertz CT molecular complexity index is 529. The summed E-state index contributed by atoms with van der Waals surface area (Å²) in [6.07, 6.45) is 1.97. The Morgan fingerprint density at radius 3 is 2.73 bits per heavy atom. The van der Waals surface area contributed by atoms with Gasteiger partial charge in [-0.05, 0) is 12.3 Å². The van der Waals surface area contributed by atoms with Crippen LogP contribution in [0.1, 0.15) is 38.3 Å². The minimum Gasteiger partial charge on any atom is -0.481 e. The Hall–Kier alpha value is -2.49. The Kier molecular flexibility index (Phi) is 7.54. The molecule has 0 aliphatic heterocycles. The molecule has 0 radical (unpaired) electrons. The fraction of sp³-hybridized carbons (Fsp3) is 0.533. The van der Waals surface area contributed by atoms with E-state index >= 15 is 0 Å². The zero-order valence-corrected chi connectivity index (χ0v) is 13.1. The molecule has 1 aromatic heterocycles. The number of nitrogens with two attached hydrogens (primary N) is 1. The minimum atomic E-state index is -0.784. The molecule has 120 valence electrons. The van der Waals surface area contributed by atoms with Crippen LogP contribution in [0.2, 0.25) is 0 Å². The lowest BCUT2D eigenvalue weighted by atomic mass is 10.1. The second-order valence-electron chi connectivity index (χ2n) is 4.49. The van der Waals surface area contributed by atoms with Crippen LogP contribution in [0.3, 0.4) is 0 Å². The van der Waals surface area contributed by atoms with Crippen LogP contribution in [-0.2, 0) is 4.74 Å². The molecule has 0 saturated heterocycles. The molecule has 0 aromatic carbocycles. The quantitative estimate of drug-likeness (QED) is 0.773. The predicted octanol–water partition coefficient (Wildman–Crippen LogP) is 1.89. The highest BCUT2D eigenvalue weighted by Gasteiger charge is 2.10. The van der Waals surface area contributed by atoms with Gasteiger partial charge >= 0.3 is 12.1 Å². The maximum atomic E-state index is 10.9. The van der Waals surface area contributed by atoms with Crippen LogP contribution in [0, 0.1) is 11.8 Å². The first-order chi connectivity index (χ1) is 10.6. The van der Waals surface area contributed by atoms with Gasteiger partial charge in [-0.15, -0.1) is 0 Å². The van der Waals surface area contributed by atoms with E-state index in [-0.39, 0.29) is 12.1 Å². The largest absolute Gasteiger partial charge is 0.481 e. The molecule has 1 atom stereocenters. The highest BCUT2D eigenvalue weighted by atomic mass is 16.6. The van der Waals surface area contributed by atoms with Gasteiger partial charge in [0.1, 0.15) is 11.8 Å². The van der Waals surface area contributed by atoms with Gasteiger partial charge in [0.25, 0.3) is 0 Å². The van der Waals surface area contributed by atoms with Gasteiger partial charge in [-0.3, -0.25) is 0 Å². The van der Waals surface area contributed by atoms with E-state index in [0.717, 1.165) is 19.3 Å². The number of hydrogen-bond donors (Lipinski definition) is 1. The molecule has 22 heavy (non-hydrogen) atoms. The summed E-state index contributed by atoms with van der Waals surface area (Å²) in [6, 6.07) is 1.78. The molecule has 2 N–H and O–H groups in total. The van der Waals surface area contributed by atoms with Gasteiger partial charge in [-0.25, -0.2) is 4.79 Å². The summed E-state index contributed by atoms with van der Waals surface area (Å²) in [5.41, 5.74) is 5.53. The van der Waals surface area contributed by atoms with E-state index in [4.69, 9.17) is 19.9 Å². The van der Waals surface area contributed by atoms with Crippen molar-refractivity contribution in [3.8, 4) is 23.7 Å². The number of carbonyl (C=O) groups excluding carboxylic acids is 1. The van der Waals surface area contributed by atoms with Gasteiger partial charge in [0.05, 0.1) is 14.2 Å². The second kappa shape index (κ2) is 9.45. The first-order valence-electron chi connectivity index (χ1n) is 7.01. The third-order valence-corrected chi connectivity index (χ3v) is 2.78. The van der Waals surface area contributed by atoms with E-state index in [2.05, 4.69) is 28.7 Å². The maximum absolute atomic E-state index is 10.9. The van der Waals surface area contributed by atoms with Crippen LogP contribution in [0.4, 0.5) is 4.79 Å². The third kappa shape index (κ3) is 6.31. The first kappa shape index (κ1) is 17.6. The summed E-state index contributed by atoms with van der Waals surface area (Å²) >= 11 is 0. The van der Waals surface area contributed by atoms with Crippen LogP contribution < -0.4 is 15.2 Å². The molecule has 0 fully saturated rings. The van der Waals surface area contributed by atoms with Gasteiger partial charge in [0, 0.05) is 12.5 Å². The van der Waals surface area contributed by atoms with Crippen molar-refractivity contribution in [1.82, 2.24) is 9.97 Å². The van der Waals surface area contributed by atoms with E-state index < -0.39 is 6.09 Å². The molecule has 0 spiro atoms. The smallest absolute Gasteiger partial charge is 0.404 e. The number of primary amides is 1. The standard InChI is InChI=1S/C15H21N3O4/c1-4-5-8-12(22-14(16)19)9-6-7-11-10-13(20-2)18-15(17-11)21-3/h10,12H,4-5,8-9H2,1-3H3,(H2,16,19). The van der Waals surface area contributed by atoms with Crippen molar-refractivity contribution in [3.05, 3.63) is 11.8 Å². The van der Waals surface area contributed by atoms with E-state index in [1.807, 2.05) is 0 Å². The zero-order chi connectivity index (χ0) is 16.4. The van der Waals surface area contributed by atoms with E-state index in [0.29, 0.717) is 18.0 Å². The lowest BCUT2D eigenvalue weighted by Gasteiger charge is -2.12. The Balaban J connectivity index is 2.76. The molecule has 0 saturated carbocycles. The molecule has 1 unspecified atom stereocenters. The average molecular weight is 307 g/mol. The molecule has 1 aromatic rings. The Morgan fingerprint density at radius 1 is 1.36 bits per heavy atom. The van der Waals surface area contributed by atoms with Crippen molar-refractivity contribution < 1.29 is 19.0 Å². The first-order valence-corrected chi connectivity index (χ1v) is 7.01. The van der Waals surface area contributed by atoms with Crippen LogP contribution in [0.5, 0.6) is 11.9 Å². The van der Waals surface area contributed by atoms with Crippen LogP contribution in [0.15, 0.2) is 6.07 Å². The molecule has 7 nitrogen and oxygen atoms in total.